The van der Waals surface area contributed by atoms with Crippen LogP contribution in [0.25, 0.3) is 0 Å². The summed E-state index contributed by atoms with van der Waals surface area (Å²) in [5, 5.41) is 4.37. The number of nitrogens with one attached hydrogen (secondary N) is 1. The molecule has 7 nitrogen and oxygen atoms in total. The van der Waals surface area contributed by atoms with Crippen LogP contribution in [-0.2, 0) is 17.9 Å². The van der Waals surface area contributed by atoms with Gasteiger partial charge in [-0.2, -0.15) is 4.99 Å². The van der Waals surface area contributed by atoms with Gasteiger partial charge in [0, 0.05) is 23.7 Å². The molecule has 0 spiro atoms. The van der Waals surface area contributed by atoms with Crippen LogP contribution in [-0.4, -0.2) is 33.9 Å². The summed E-state index contributed by atoms with van der Waals surface area (Å²) in [6.45, 7) is 0.630. The number of thiazole rings is 1. The van der Waals surface area contributed by atoms with Crippen LogP contribution in [0.1, 0.15) is 21.5 Å². The summed E-state index contributed by atoms with van der Waals surface area (Å²) in [6, 6.07) is 16.4. The van der Waals surface area contributed by atoms with Crippen LogP contribution in [0.3, 0.4) is 0 Å². The maximum absolute atomic E-state index is 12.9. The van der Waals surface area contributed by atoms with Gasteiger partial charge in [-0.1, -0.05) is 48.5 Å². The smallest absolute Gasteiger partial charge is 0.324 e. The second kappa shape index (κ2) is 8.24. The lowest BCUT2D eigenvalue weighted by Crippen LogP contribution is -2.31. The van der Waals surface area contributed by atoms with E-state index in [0.717, 1.165) is 10.5 Å². The van der Waals surface area contributed by atoms with Gasteiger partial charge in [0.15, 0.2) is 4.80 Å². The molecule has 2 heterocycles. The first kappa shape index (κ1) is 18.8. The number of rotatable bonds is 5. The van der Waals surface area contributed by atoms with Gasteiger partial charge in [0.2, 0.25) is 5.91 Å². The molecule has 146 valence electrons. The molecule has 4 amide bonds. The quantitative estimate of drug-likeness (QED) is 0.661. The molecule has 0 bridgehead atoms. The van der Waals surface area contributed by atoms with E-state index >= 15 is 0 Å². The third-order valence-corrected chi connectivity index (χ3v) is 5.36. The summed E-state index contributed by atoms with van der Waals surface area (Å²) < 4.78 is 1.91. The van der Waals surface area contributed by atoms with Crippen LogP contribution >= 0.6 is 11.3 Å². The van der Waals surface area contributed by atoms with E-state index in [9.17, 15) is 14.4 Å². The highest BCUT2D eigenvalue weighted by atomic mass is 32.1. The van der Waals surface area contributed by atoms with Gasteiger partial charge in [-0.3, -0.25) is 14.5 Å². The van der Waals surface area contributed by atoms with E-state index in [1.165, 1.54) is 11.3 Å². The summed E-state index contributed by atoms with van der Waals surface area (Å²) in [4.78, 5) is 42.6. The van der Waals surface area contributed by atoms with Gasteiger partial charge in [0.25, 0.3) is 5.91 Å². The van der Waals surface area contributed by atoms with E-state index in [-0.39, 0.29) is 19.0 Å². The van der Waals surface area contributed by atoms with E-state index in [0.29, 0.717) is 22.5 Å². The van der Waals surface area contributed by atoms with Crippen molar-refractivity contribution in [3.8, 4) is 0 Å². The molecule has 3 aromatic rings. The molecule has 0 unspecified atom stereocenters. The molecule has 0 atom stereocenters. The molecule has 0 aliphatic carbocycles. The number of imide groups is 1. The van der Waals surface area contributed by atoms with E-state index < -0.39 is 11.9 Å². The van der Waals surface area contributed by atoms with Crippen molar-refractivity contribution in [2.24, 2.45) is 4.99 Å². The minimum Gasteiger partial charge on any atom is -0.329 e. The van der Waals surface area contributed by atoms with E-state index in [4.69, 9.17) is 0 Å². The molecule has 2 aromatic carbocycles. The summed E-state index contributed by atoms with van der Waals surface area (Å²) >= 11 is 1.38. The minimum atomic E-state index is -0.451. The number of benzene rings is 2. The topological polar surface area (TPSA) is 83.8 Å². The molecule has 29 heavy (non-hydrogen) atoms. The number of urea groups is 1. The molecule has 1 aliphatic heterocycles. The minimum absolute atomic E-state index is 0.0198. The Bertz CT molecular complexity index is 1120. The van der Waals surface area contributed by atoms with Crippen molar-refractivity contribution in [2.45, 2.75) is 13.1 Å². The molecule has 1 N–H and O–H groups in total. The lowest BCUT2D eigenvalue weighted by atomic mass is 10.1. The Kier molecular flexibility index (Phi) is 5.35. The van der Waals surface area contributed by atoms with Gasteiger partial charge < -0.3 is 9.88 Å². The van der Waals surface area contributed by atoms with Crippen LogP contribution in [0.2, 0.25) is 0 Å². The Morgan fingerprint density at radius 2 is 1.79 bits per heavy atom. The lowest BCUT2D eigenvalue weighted by molar-refractivity contribution is -0.125. The Morgan fingerprint density at radius 3 is 2.55 bits per heavy atom. The molecule has 0 saturated carbocycles. The second-order valence-electron chi connectivity index (χ2n) is 6.51. The molecule has 1 fully saturated rings. The Morgan fingerprint density at radius 1 is 1.03 bits per heavy atom. The molecular formula is C21H18N4O3S. The van der Waals surface area contributed by atoms with Crippen LogP contribution in [0.15, 0.2) is 71.2 Å². The third-order valence-electron chi connectivity index (χ3n) is 4.57. The number of carbonyl (C=O) groups is 3. The van der Waals surface area contributed by atoms with Crippen molar-refractivity contribution in [1.29, 1.82) is 0 Å². The number of hydrogen-bond donors (Lipinski definition) is 1. The van der Waals surface area contributed by atoms with Gasteiger partial charge in [0.1, 0.15) is 0 Å². The molecule has 1 aromatic heterocycles. The normalized spacial score (nSPS) is 14.3. The van der Waals surface area contributed by atoms with Gasteiger partial charge >= 0.3 is 6.03 Å². The van der Waals surface area contributed by atoms with Crippen LogP contribution in [0.5, 0.6) is 0 Å². The number of nitrogens with zero attached hydrogens (tertiary/aromatic N) is 3. The van der Waals surface area contributed by atoms with Crippen molar-refractivity contribution in [1.82, 2.24) is 14.8 Å². The maximum Gasteiger partial charge on any atom is 0.324 e. The zero-order valence-corrected chi connectivity index (χ0v) is 16.3. The summed E-state index contributed by atoms with van der Waals surface area (Å²) in [5.41, 5.74) is 2.07. The van der Waals surface area contributed by atoms with Gasteiger partial charge in [-0.15, -0.1) is 11.3 Å². The fraction of sp³-hybridized carbons (Fsp3) is 0.143. The first-order chi connectivity index (χ1) is 14.1. The highest BCUT2D eigenvalue weighted by molar-refractivity contribution is 7.07. The molecule has 1 saturated heterocycles. The third kappa shape index (κ3) is 4.17. The zero-order chi connectivity index (χ0) is 20.2. The van der Waals surface area contributed by atoms with Crippen molar-refractivity contribution >= 4 is 29.2 Å². The molecule has 8 heteroatoms. The molecule has 0 radical (unpaired) electrons. The molecular weight excluding hydrogens is 388 g/mol. The summed E-state index contributed by atoms with van der Waals surface area (Å²) in [5.74, 6) is -0.718. The van der Waals surface area contributed by atoms with Crippen molar-refractivity contribution in [3.63, 3.8) is 0 Å². The number of carbonyl (C=O) groups excluding carboxylic acids is 3. The second-order valence-corrected chi connectivity index (χ2v) is 7.38. The first-order valence-electron chi connectivity index (χ1n) is 9.05. The summed E-state index contributed by atoms with van der Waals surface area (Å²) in [7, 11) is 0. The van der Waals surface area contributed by atoms with Crippen molar-refractivity contribution in [3.05, 3.63) is 87.7 Å². The highest BCUT2D eigenvalue weighted by Gasteiger charge is 2.29. The fourth-order valence-electron chi connectivity index (χ4n) is 3.09. The van der Waals surface area contributed by atoms with Gasteiger partial charge in [-0.05, 0) is 17.2 Å². The average Bonchev–Trinajstić information content (AvgIpc) is 3.30. The Labute approximate surface area is 170 Å². The van der Waals surface area contributed by atoms with Crippen molar-refractivity contribution in [2.75, 3.05) is 6.54 Å². The largest absolute Gasteiger partial charge is 0.329 e. The zero-order valence-electron chi connectivity index (χ0n) is 15.4. The SMILES string of the molecule is O=C(N=c1sccn1Cc1ccccc1)c1ccccc1CN1C(=O)CNC1=O. The predicted octanol–water partition coefficient (Wildman–Crippen LogP) is 2.39. The van der Waals surface area contributed by atoms with Crippen LogP contribution < -0.4 is 10.1 Å². The van der Waals surface area contributed by atoms with E-state index in [1.807, 2.05) is 46.5 Å². The maximum atomic E-state index is 12.9. The standard InChI is InChI=1S/C21H18N4O3S/c26-18-12-22-20(28)25(18)14-16-8-4-5-9-17(16)19(27)23-21-24(10-11-29-21)13-15-6-2-1-3-7-15/h1-11H,12-14H2,(H,22,28). The first-order valence-corrected chi connectivity index (χ1v) is 9.93. The fourth-order valence-corrected chi connectivity index (χ4v) is 3.81. The summed E-state index contributed by atoms with van der Waals surface area (Å²) in [6.07, 6.45) is 1.89. The van der Waals surface area contributed by atoms with E-state index in [2.05, 4.69) is 10.3 Å². The van der Waals surface area contributed by atoms with Gasteiger partial charge in [0.05, 0.1) is 13.1 Å². The monoisotopic (exact) mass is 406 g/mol. The molecule has 1 aliphatic rings. The molecule has 4 rings (SSSR count). The van der Waals surface area contributed by atoms with Gasteiger partial charge in [-0.25, -0.2) is 4.79 Å². The Hall–Kier alpha value is -3.52. The number of hydrogen-bond acceptors (Lipinski definition) is 4. The van der Waals surface area contributed by atoms with Crippen LogP contribution in [0, 0.1) is 0 Å². The highest BCUT2D eigenvalue weighted by Crippen LogP contribution is 2.15. The predicted molar refractivity (Wildman–Crippen MR) is 108 cm³/mol. The number of aromatic nitrogens is 1. The Balaban J connectivity index is 1.61. The average molecular weight is 406 g/mol. The van der Waals surface area contributed by atoms with Crippen molar-refractivity contribution < 1.29 is 14.4 Å². The number of amides is 4. The van der Waals surface area contributed by atoms with Crippen LogP contribution in [0.4, 0.5) is 4.79 Å². The van der Waals surface area contributed by atoms with E-state index in [1.54, 1.807) is 24.3 Å². The lowest BCUT2D eigenvalue weighted by Gasteiger charge is -2.14.